The van der Waals surface area contributed by atoms with Crippen molar-refractivity contribution in [3.05, 3.63) is 84.1 Å². The molecule has 0 bridgehead atoms. The molecule has 0 fully saturated rings. The van der Waals surface area contributed by atoms with Crippen LogP contribution < -0.4 is 0 Å². The van der Waals surface area contributed by atoms with Crippen molar-refractivity contribution >= 4 is 5.91 Å². The number of hydrogen-bond donors (Lipinski definition) is 0. The molecule has 2 nitrogen and oxygen atoms in total. The van der Waals surface area contributed by atoms with Crippen LogP contribution in [0.5, 0.6) is 0 Å². The first-order valence-electron chi connectivity index (χ1n) is 6.77. The third kappa shape index (κ3) is 4.39. The van der Waals surface area contributed by atoms with Gasteiger partial charge in [0.05, 0.1) is 6.54 Å². The summed E-state index contributed by atoms with van der Waals surface area (Å²) in [6.07, 6.45) is 4.74. The fourth-order valence-electron chi connectivity index (χ4n) is 1.98. The summed E-state index contributed by atoms with van der Waals surface area (Å²) in [4.78, 5) is 13.4. The van der Waals surface area contributed by atoms with E-state index in [-0.39, 0.29) is 5.91 Å². The van der Waals surface area contributed by atoms with Gasteiger partial charge in [-0.05, 0) is 17.5 Å². The van der Waals surface area contributed by atoms with Crippen molar-refractivity contribution in [3.8, 4) is 0 Å². The third-order valence-corrected chi connectivity index (χ3v) is 3.08. The van der Waals surface area contributed by atoms with Gasteiger partial charge in [0.2, 0.25) is 5.91 Å². The van der Waals surface area contributed by atoms with Gasteiger partial charge >= 0.3 is 0 Å². The predicted octanol–water partition coefficient (Wildman–Crippen LogP) is 3.79. The molecule has 0 aliphatic heterocycles. The number of amides is 1. The van der Waals surface area contributed by atoms with Gasteiger partial charge < -0.3 is 4.90 Å². The Hall–Kier alpha value is -2.35. The van der Waals surface area contributed by atoms with Crippen LogP contribution in [0.3, 0.4) is 0 Å². The number of carbonyl (C=O) groups is 1. The summed E-state index contributed by atoms with van der Waals surface area (Å²) < 4.78 is 0. The van der Waals surface area contributed by atoms with Crippen molar-refractivity contribution in [1.29, 1.82) is 0 Å². The summed E-state index contributed by atoms with van der Waals surface area (Å²) >= 11 is 0. The second-order valence-electron chi connectivity index (χ2n) is 4.71. The van der Waals surface area contributed by atoms with Gasteiger partial charge in [0.15, 0.2) is 0 Å². The Morgan fingerprint density at radius 3 is 2.05 bits per heavy atom. The summed E-state index contributed by atoms with van der Waals surface area (Å²) in [6.45, 7) is 2.21. The average molecular weight is 265 g/mol. The molecular formula is C18H19NO. The van der Waals surface area contributed by atoms with Crippen LogP contribution >= 0.6 is 0 Å². The molecule has 2 aromatic carbocycles. The number of benzene rings is 2. The van der Waals surface area contributed by atoms with E-state index in [2.05, 4.69) is 12.1 Å². The zero-order chi connectivity index (χ0) is 14.2. The number of allylic oxidation sites excluding steroid dienone is 1. The number of rotatable bonds is 5. The minimum Gasteiger partial charge on any atom is -0.315 e. The highest BCUT2D eigenvalue weighted by atomic mass is 16.2. The molecule has 0 aliphatic rings. The highest BCUT2D eigenvalue weighted by Gasteiger charge is 2.05. The molecule has 0 aliphatic carbocycles. The Bertz CT molecular complexity index is 560. The minimum absolute atomic E-state index is 0.0539. The normalized spacial score (nSPS) is 10.7. The lowest BCUT2D eigenvalue weighted by Gasteiger charge is -2.16. The van der Waals surface area contributed by atoms with Gasteiger partial charge in [0.25, 0.3) is 0 Å². The molecule has 1 amide bonds. The van der Waals surface area contributed by atoms with E-state index in [4.69, 9.17) is 0 Å². The van der Waals surface area contributed by atoms with E-state index in [0.717, 1.165) is 12.0 Å². The van der Waals surface area contributed by atoms with E-state index in [1.807, 2.05) is 60.8 Å². The molecule has 0 atom stereocenters. The first-order chi connectivity index (χ1) is 9.75. The van der Waals surface area contributed by atoms with Crippen molar-refractivity contribution in [3.63, 3.8) is 0 Å². The molecule has 0 spiro atoms. The number of carbonyl (C=O) groups excluding carboxylic acids is 1. The Kier molecular flexibility index (Phi) is 5.13. The fourth-order valence-corrected chi connectivity index (χ4v) is 1.98. The molecule has 2 heteroatoms. The zero-order valence-electron chi connectivity index (χ0n) is 11.7. The molecule has 0 radical (unpaired) electrons. The van der Waals surface area contributed by atoms with Crippen molar-refractivity contribution in [2.24, 2.45) is 0 Å². The van der Waals surface area contributed by atoms with E-state index in [9.17, 15) is 4.79 Å². The van der Waals surface area contributed by atoms with Crippen LogP contribution in [0, 0.1) is 0 Å². The van der Waals surface area contributed by atoms with Crippen LogP contribution in [0.2, 0.25) is 0 Å². The van der Waals surface area contributed by atoms with E-state index in [0.29, 0.717) is 6.54 Å². The minimum atomic E-state index is 0.0539. The van der Waals surface area contributed by atoms with Crippen LogP contribution in [0.4, 0.5) is 0 Å². The fraction of sp³-hybridized carbons (Fsp3) is 0.167. The molecule has 0 saturated heterocycles. The molecule has 2 rings (SSSR count). The maximum atomic E-state index is 11.7. The van der Waals surface area contributed by atoms with Crippen LogP contribution in [-0.4, -0.2) is 10.8 Å². The second-order valence-corrected chi connectivity index (χ2v) is 4.71. The van der Waals surface area contributed by atoms with Gasteiger partial charge in [-0.3, -0.25) is 4.79 Å². The van der Waals surface area contributed by atoms with E-state index >= 15 is 0 Å². The van der Waals surface area contributed by atoms with Crippen LogP contribution in [-0.2, 0) is 17.8 Å². The molecule has 2 aromatic rings. The highest BCUT2D eigenvalue weighted by molar-refractivity contribution is 5.74. The second kappa shape index (κ2) is 7.29. The first-order valence-corrected chi connectivity index (χ1v) is 6.77. The van der Waals surface area contributed by atoms with Crippen LogP contribution in [0.15, 0.2) is 72.9 Å². The highest BCUT2D eigenvalue weighted by Crippen LogP contribution is 2.06. The van der Waals surface area contributed by atoms with Gasteiger partial charge in [-0.15, -0.1) is 0 Å². The molecule has 0 unspecified atom stereocenters. The number of nitrogens with zero attached hydrogens (tertiary/aromatic N) is 1. The Morgan fingerprint density at radius 1 is 0.950 bits per heavy atom. The van der Waals surface area contributed by atoms with E-state index in [1.54, 1.807) is 11.8 Å². The molecule has 0 N–H and O–H groups in total. The molecule has 102 valence electrons. The SMILES string of the molecule is CC(=O)N(C=CCc1ccccc1)Cc1ccccc1. The smallest absolute Gasteiger partial charge is 0.223 e. The Morgan fingerprint density at radius 2 is 1.50 bits per heavy atom. The summed E-state index contributed by atoms with van der Waals surface area (Å²) in [7, 11) is 0. The summed E-state index contributed by atoms with van der Waals surface area (Å²) in [5.41, 5.74) is 2.37. The molecule has 0 aromatic heterocycles. The van der Waals surface area contributed by atoms with Crippen molar-refractivity contribution in [2.45, 2.75) is 19.9 Å². The van der Waals surface area contributed by atoms with Gasteiger partial charge in [-0.25, -0.2) is 0 Å². The molecular weight excluding hydrogens is 246 g/mol. The van der Waals surface area contributed by atoms with Crippen molar-refractivity contribution in [1.82, 2.24) is 4.90 Å². The monoisotopic (exact) mass is 265 g/mol. The largest absolute Gasteiger partial charge is 0.315 e. The lowest BCUT2D eigenvalue weighted by molar-refractivity contribution is -0.126. The van der Waals surface area contributed by atoms with Gasteiger partial charge in [0.1, 0.15) is 0 Å². The molecule has 20 heavy (non-hydrogen) atoms. The van der Waals surface area contributed by atoms with E-state index in [1.165, 1.54) is 5.56 Å². The first kappa shape index (κ1) is 14.1. The molecule has 0 heterocycles. The maximum Gasteiger partial charge on any atom is 0.223 e. The van der Waals surface area contributed by atoms with Crippen molar-refractivity contribution < 1.29 is 4.79 Å². The quantitative estimate of drug-likeness (QED) is 0.805. The zero-order valence-corrected chi connectivity index (χ0v) is 11.7. The topological polar surface area (TPSA) is 20.3 Å². The molecule has 0 saturated carbocycles. The third-order valence-electron chi connectivity index (χ3n) is 3.08. The van der Waals surface area contributed by atoms with Gasteiger partial charge in [-0.1, -0.05) is 66.7 Å². The maximum absolute atomic E-state index is 11.7. The summed E-state index contributed by atoms with van der Waals surface area (Å²) in [6, 6.07) is 20.2. The predicted molar refractivity (Wildman–Crippen MR) is 82.0 cm³/mol. The number of hydrogen-bond acceptors (Lipinski definition) is 1. The average Bonchev–Trinajstić information content (AvgIpc) is 2.48. The lowest BCUT2D eigenvalue weighted by atomic mass is 10.1. The summed E-state index contributed by atoms with van der Waals surface area (Å²) in [5.74, 6) is 0.0539. The standard InChI is InChI=1S/C18H19NO/c1-16(20)19(15-18-11-6-3-7-12-18)14-8-13-17-9-4-2-5-10-17/h2-12,14H,13,15H2,1H3. The Labute approximate surface area is 120 Å². The van der Waals surface area contributed by atoms with E-state index < -0.39 is 0 Å². The van der Waals surface area contributed by atoms with Crippen LogP contribution in [0.1, 0.15) is 18.1 Å². The van der Waals surface area contributed by atoms with Gasteiger partial charge in [0, 0.05) is 13.1 Å². The van der Waals surface area contributed by atoms with Crippen molar-refractivity contribution in [2.75, 3.05) is 0 Å². The summed E-state index contributed by atoms with van der Waals surface area (Å²) in [5, 5.41) is 0. The lowest BCUT2D eigenvalue weighted by Crippen LogP contribution is -2.22. The van der Waals surface area contributed by atoms with Crippen LogP contribution in [0.25, 0.3) is 0 Å². The van der Waals surface area contributed by atoms with Gasteiger partial charge in [-0.2, -0.15) is 0 Å². The Balaban J connectivity index is 1.97.